The van der Waals surface area contributed by atoms with Crippen LogP contribution in [0.2, 0.25) is 0 Å². The van der Waals surface area contributed by atoms with Crippen molar-refractivity contribution >= 4 is 17.7 Å². The predicted molar refractivity (Wildman–Crippen MR) is 149 cm³/mol. The summed E-state index contributed by atoms with van der Waals surface area (Å²) in [5, 5.41) is 2.89. The number of allylic oxidation sites excluding steroid dienone is 2. The number of hydrogen-bond acceptors (Lipinski definition) is 4. The van der Waals surface area contributed by atoms with Crippen LogP contribution in [0.1, 0.15) is 107 Å². The average molecular weight is 526 g/mol. The lowest BCUT2D eigenvalue weighted by molar-refractivity contribution is -0.214. The van der Waals surface area contributed by atoms with Crippen molar-refractivity contribution in [2.45, 2.75) is 113 Å². The Morgan fingerprint density at radius 2 is 1.63 bits per heavy atom. The Labute approximate surface area is 230 Å². The van der Waals surface area contributed by atoms with Gasteiger partial charge in [0.2, 0.25) is 5.91 Å². The highest BCUT2D eigenvalue weighted by Gasteiger charge is 2.72. The molecular formula is C33H51NO4. The van der Waals surface area contributed by atoms with E-state index in [9.17, 15) is 14.4 Å². The Bertz CT molecular complexity index is 1080. The van der Waals surface area contributed by atoms with Crippen LogP contribution >= 0.6 is 0 Å². The van der Waals surface area contributed by atoms with Crippen molar-refractivity contribution in [2.24, 2.45) is 56.7 Å². The topological polar surface area (TPSA) is 72.5 Å². The highest BCUT2D eigenvalue weighted by atomic mass is 16.5. The van der Waals surface area contributed by atoms with Gasteiger partial charge in [-0.3, -0.25) is 14.4 Å². The summed E-state index contributed by atoms with van der Waals surface area (Å²) in [6, 6.07) is 0. The fraction of sp³-hybridized carbons (Fsp3) is 0.848. The third-order valence-electron chi connectivity index (χ3n) is 13.8. The van der Waals surface area contributed by atoms with Crippen LogP contribution in [-0.2, 0) is 19.1 Å². The summed E-state index contributed by atoms with van der Waals surface area (Å²) in [6.07, 6.45) is 9.75. The highest BCUT2D eigenvalue weighted by molar-refractivity contribution is 5.96. The van der Waals surface area contributed by atoms with E-state index in [4.69, 9.17) is 4.74 Å². The molecule has 0 aliphatic heterocycles. The van der Waals surface area contributed by atoms with Gasteiger partial charge in [-0.15, -0.1) is 0 Å². The normalized spacial score (nSPS) is 51.9. The minimum Gasteiger partial charge on any atom is -0.461 e. The molecule has 0 aromatic heterocycles. The van der Waals surface area contributed by atoms with Gasteiger partial charge < -0.3 is 10.1 Å². The van der Waals surface area contributed by atoms with Gasteiger partial charge in [-0.1, -0.05) is 47.1 Å². The van der Waals surface area contributed by atoms with Crippen LogP contribution in [0.3, 0.4) is 0 Å². The van der Waals surface area contributed by atoms with E-state index in [1.807, 2.05) is 6.92 Å². The van der Waals surface area contributed by atoms with E-state index in [0.29, 0.717) is 24.2 Å². The zero-order valence-corrected chi connectivity index (χ0v) is 25.3. The summed E-state index contributed by atoms with van der Waals surface area (Å²) in [6.45, 7) is 17.9. The summed E-state index contributed by atoms with van der Waals surface area (Å²) in [5.74, 6) is 1.42. The molecule has 1 N–H and O–H groups in total. The SMILES string of the molecule is CNC(=O)[C@]1(C)C2CC[C@]3(C)C(C(=O)C=C4C5[C@@H](C)[C@H](C)CC[C@]5(C)CC[C@]43C)[C@@]2(C)CC[C@H]1OC(C)=O. The fourth-order valence-electron chi connectivity index (χ4n) is 11.3. The lowest BCUT2D eigenvalue weighted by atomic mass is 9.33. The third kappa shape index (κ3) is 3.38. The molecule has 4 saturated carbocycles. The maximum atomic E-state index is 14.5. The highest BCUT2D eigenvalue weighted by Crippen LogP contribution is 2.75. The van der Waals surface area contributed by atoms with Crippen molar-refractivity contribution in [1.82, 2.24) is 5.32 Å². The molecule has 5 rings (SSSR count). The van der Waals surface area contributed by atoms with Gasteiger partial charge in [0.15, 0.2) is 5.78 Å². The molecule has 11 atom stereocenters. The molecular weight excluding hydrogens is 474 g/mol. The van der Waals surface area contributed by atoms with Crippen molar-refractivity contribution in [3.8, 4) is 0 Å². The van der Waals surface area contributed by atoms with Gasteiger partial charge in [0.05, 0.1) is 5.41 Å². The summed E-state index contributed by atoms with van der Waals surface area (Å²) in [4.78, 5) is 40.1. The van der Waals surface area contributed by atoms with Crippen LogP contribution in [0.4, 0.5) is 0 Å². The number of fused-ring (bicyclic) bond motifs is 7. The van der Waals surface area contributed by atoms with Crippen LogP contribution in [0, 0.1) is 56.7 Å². The summed E-state index contributed by atoms with van der Waals surface area (Å²) in [5.41, 5.74) is 0.350. The number of carbonyl (C=O) groups is 3. The van der Waals surface area contributed by atoms with Crippen LogP contribution in [-0.4, -0.2) is 30.8 Å². The molecule has 0 aromatic rings. The van der Waals surface area contributed by atoms with Crippen molar-refractivity contribution in [2.75, 3.05) is 7.05 Å². The molecule has 0 spiro atoms. The molecule has 0 saturated heterocycles. The van der Waals surface area contributed by atoms with Crippen molar-refractivity contribution in [3.63, 3.8) is 0 Å². The van der Waals surface area contributed by atoms with E-state index < -0.39 is 11.5 Å². The molecule has 5 aliphatic carbocycles. The average Bonchev–Trinajstić information content (AvgIpc) is 2.84. The fourth-order valence-corrected chi connectivity index (χ4v) is 11.3. The van der Waals surface area contributed by atoms with Gasteiger partial charge >= 0.3 is 5.97 Å². The van der Waals surface area contributed by atoms with Gasteiger partial charge in [0.1, 0.15) is 6.10 Å². The number of esters is 1. The zero-order chi connectivity index (χ0) is 28.1. The zero-order valence-electron chi connectivity index (χ0n) is 25.3. The number of rotatable bonds is 2. The van der Waals surface area contributed by atoms with E-state index in [2.05, 4.69) is 52.9 Å². The van der Waals surface area contributed by atoms with E-state index in [1.165, 1.54) is 31.8 Å². The summed E-state index contributed by atoms with van der Waals surface area (Å²) in [7, 11) is 1.67. The number of ether oxygens (including phenoxy) is 1. The van der Waals surface area contributed by atoms with Crippen LogP contribution in [0.5, 0.6) is 0 Å². The monoisotopic (exact) mass is 525 g/mol. The summed E-state index contributed by atoms with van der Waals surface area (Å²) < 4.78 is 5.81. The van der Waals surface area contributed by atoms with Crippen LogP contribution in [0.25, 0.3) is 0 Å². The first-order valence-electron chi connectivity index (χ1n) is 15.3. The summed E-state index contributed by atoms with van der Waals surface area (Å²) >= 11 is 0. The van der Waals surface area contributed by atoms with Gasteiger partial charge in [-0.05, 0) is 110 Å². The molecule has 1 amide bonds. The quantitative estimate of drug-likeness (QED) is 0.418. The predicted octanol–water partition coefficient (Wildman–Crippen LogP) is 6.50. The lowest BCUT2D eigenvalue weighted by Crippen LogP contribution is -2.69. The van der Waals surface area contributed by atoms with Crippen LogP contribution in [0.15, 0.2) is 11.6 Å². The van der Waals surface area contributed by atoms with Gasteiger partial charge in [0, 0.05) is 19.9 Å². The smallest absolute Gasteiger partial charge is 0.302 e. The number of ketones is 1. The molecule has 5 nitrogen and oxygen atoms in total. The number of carbonyl (C=O) groups excluding carboxylic acids is 3. The number of amides is 1. The van der Waals surface area contributed by atoms with Crippen molar-refractivity contribution in [3.05, 3.63) is 11.6 Å². The standard InChI is InChI=1S/C33H51NO4/c1-19-10-13-29(4)16-17-31(6)22(26(29)20(19)2)18-23(36)27-30(5)14-12-25(38-21(3)35)33(8,28(37)34-9)24(30)11-15-32(27,31)7/h18-20,24-27H,10-17H2,1-9H3,(H,34,37)/t19-,20+,24?,25-,26?,27?,29-,30+,31-,32-,33-/m1/s1. The third-order valence-corrected chi connectivity index (χ3v) is 13.8. The molecule has 3 unspecified atom stereocenters. The molecule has 38 heavy (non-hydrogen) atoms. The number of nitrogens with one attached hydrogen (secondary N) is 1. The Balaban J connectivity index is 1.62. The molecule has 0 bridgehead atoms. The van der Waals surface area contributed by atoms with Gasteiger partial charge in [0.25, 0.3) is 0 Å². The second-order valence-electron chi connectivity index (χ2n) is 15.3. The number of hydrogen-bond donors (Lipinski definition) is 1. The molecule has 0 aromatic carbocycles. The maximum Gasteiger partial charge on any atom is 0.302 e. The molecule has 0 heterocycles. The Morgan fingerprint density at radius 3 is 2.26 bits per heavy atom. The lowest BCUT2D eigenvalue weighted by Gasteiger charge is -2.70. The van der Waals surface area contributed by atoms with E-state index in [0.717, 1.165) is 25.7 Å². The molecule has 212 valence electrons. The van der Waals surface area contributed by atoms with Gasteiger partial charge in [-0.25, -0.2) is 0 Å². The molecule has 0 radical (unpaired) electrons. The minimum absolute atomic E-state index is 0.0226. The van der Waals surface area contributed by atoms with E-state index in [-0.39, 0.29) is 51.2 Å². The Kier molecular flexibility index (Phi) is 6.37. The first-order chi connectivity index (χ1) is 17.6. The second kappa shape index (κ2) is 8.67. The van der Waals surface area contributed by atoms with Crippen molar-refractivity contribution in [1.29, 1.82) is 0 Å². The second-order valence-corrected chi connectivity index (χ2v) is 15.3. The molecule has 5 aliphatic rings. The molecule has 4 fully saturated rings. The van der Waals surface area contributed by atoms with E-state index in [1.54, 1.807) is 7.05 Å². The van der Waals surface area contributed by atoms with Crippen LogP contribution < -0.4 is 5.32 Å². The Hall–Kier alpha value is -1.65. The maximum absolute atomic E-state index is 14.5. The largest absolute Gasteiger partial charge is 0.461 e. The van der Waals surface area contributed by atoms with Crippen molar-refractivity contribution < 1.29 is 19.1 Å². The Morgan fingerprint density at radius 1 is 0.947 bits per heavy atom. The first-order valence-corrected chi connectivity index (χ1v) is 15.3. The first kappa shape index (κ1) is 27.9. The van der Waals surface area contributed by atoms with E-state index >= 15 is 0 Å². The molecule has 5 heteroatoms. The minimum atomic E-state index is -0.863. The van der Waals surface area contributed by atoms with Gasteiger partial charge in [-0.2, -0.15) is 0 Å².